The van der Waals surface area contributed by atoms with Crippen molar-refractivity contribution < 1.29 is 17.9 Å². The summed E-state index contributed by atoms with van der Waals surface area (Å²) in [6.45, 7) is 5.76. The molecule has 3 atom stereocenters. The van der Waals surface area contributed by atoms with Crippen molar-refractivity contribution in [3.63, 3.8) is 0 Å². The molecule has 0 spiro atoms. The van der Waals surface area contributed by atoms with Gasteiger partial charge in [0.25, 0.3) is 5.91 Å². The number of thioether (sulfide) groups is 1. The van der Waals surface area contributed by atoms with Crippen LogP contribution in [0.2, 0.25) is 5.02 Å². The Bertz CT molecular complexity index is 1180. The van der Waals surface area contributed by atoms with Crippen molar-refractivity contribution in [1.29, 1.82) is 0 Å². The Morgan fingerprint density at radius 1 is 1.28 bits per heavy atom. The number of carbonyl (C=O) groups excluding carboxylic acids is 1. The Hall–Kier alpha value is -2.03. The molecule has 9 heteroatoms. The van der Waals surface area contributed by atoms with Gasteiger partial charge in [-0.25, -0.2) is 8.42 Å². The molecule has 0 unspecified atom stereocenters. The highest BCUT2D eigenvalue weighted by Crippen LogP contribution is 2.45. The number of anilines is 1. The zero-order valence-electron chi connectivity index (χ0n) is 18.1. The summed E-state index contributed by atoms with van der Waals surface area (Å²) in [5.41, 5.74) is 1.66. The quantitative estimate of drug-likeness (QED) is 0.578. The number of hydrogen-bond acceptors (Lipinski definition) is 5. The standard InChI is InChI=1S/C23H25ClN2O4S2/c1-4-15(3)22(27)25-23-26(19-12-32(28,29)13-21(19)31-23)18-11-16(24)8-9-20(18)30-17-7-5-6-14(2)10-17/h5-11,15,19,21H,4,12-13H2,1-3H3/t15-,19+,21+/m1/s1. The largest absolute Gasteiger partial charge is 0.455 e. The topological polar surface area (TPSA) is 76.0 Å². The minimum atomic E-state index is -3.18. The van der Waals surface area contributed by atoms with Crippen molar-refractivity contribution in [3.05, 3.63) is 53.1 Å². The van der Waals surface area contributed by atoms with Crippen LogP contribution in [-0.2, 0) is 14.6 Å². The van der Waals surface area contributed by atoms with Gasteiger partial charge in [0.15, 0.2) is 20.8 Å². The number of sulfone groups is 1. The molecule has 1 amide bonds. The monoisotopic (exact) mass is 492 g/mol. The number of ether oxygens (including phenoxy) is 1. The van der Waals surface area contributed by atoms with Crippen LogP contribution in [0.25, 0.3) is 0 Å². The van der Waals surface area contributed by atoms with Gasteiger partial charge in [0, 0.05) is 16.2 Å². The normalized spacial score (nSPS) is 23.9. The highest BCUT2D eigenvalue weighted by Gasteiger charge is 2.50. The minimum Gasteiger partial charge on any atom is -0.455 e. The first kappa shape index (κ1) is 23.1. The molecule has 6 nitrogen and oxygen atoms in total. The molecule has 0 aliphatic carbocycles. The van der Waals surface area contributed by atoms with Crippen LogP contribution >= 0.6 is 23.4 Å². The fourth-order valence-corrected chi connectivity index (χ4v) is 7.87. The van der Waals surface area contributed by atoms with Crippen LogP contribution in [-0.4, -0.2) is 42.3 Å². The summed E-state index contributed by atoms with van der Waals surface area (Å²) in [5.74, 6) is 0.809. The molecule has 2 aromatic carbocycles. The average Bonchev–Trinajstić information content (AvgIpc) is 3.19. The van der Waals surface area contributed by atoms with Crippen molar-refractivity contribution in [2.45, 2.75) is 38.5 Å². The average molecular weight is 493 g/mol. The molecule has 2 heterocycles. The number of aryl methyl sites for hydroxylation is 1. The minimum absolute atomic E-state index is 0.00237. The third-order valence-electron chi connectivity index (χ3n) is 5.70. The summed E-state index contributed by atoms with van der Waals surface area (Å²) in [6.07, 6.45) is 0.681. The first-order chi connectivity index (χ1) is 15.2. The second kappa shape index (κ2) is 9.08. The van der Waals surface area contributed by atoms with Crippen LogP contribution in [0, 0.1) is 12.8 Å². The van der Waals surface area contributed by atoms with Gasteiger partial charge in [-0.2, -0.15) is 4.99 Å². The number of benzene rings is 2. The van der Waals surface area contributed by atoms with Crippen LogP contribution in [0.3, 0.4) is 0 Å². The van der Waals surface area contributed by atoms with E-state index in [1.54, 1.807) is 18.2 Å². The Labute approximate surface area is 197 Å². The molecule has 170 valence electrons. The van der Waals surface area contributed by atoms with Crippen LogP contribution < -0.4 is 9.64 Å². The molecule has 0 bridgehead atoms. The smallest absolute Gasteiger partial charge is 0.250 e. The van der Waals surface area contributed by atoms with E-state index in [9.17, 15) is 13.2 Å². The van der Waals surface area contributed by atoms with Gasteiger partial charge in [0.05, 0.1) is 23.2 Å². The number of aliphatic imine (C=N–C) groups is 1. The van der Waals surface area contributed by atoms with E-state index in [2.05, 4.69) is 4.99 Å². The number of nitrogens with zero attached hydrogens (tertiary/aromatic N) is 2. The summed E-state index contributed by atoms with van der Waals surface area (Å²) in [7, 11) is -3.18. The highest BCUT2D eigenvalue weighted by molar-refractivity contribution is 8.16. The molecule has 0 N–H and O–H groups in total. The predicted molar refractivity (Wildman–Crippen MR) is 131 cm³/mol. The summed E-state index contributed by atoms with van der Waals surface area (Å²) >= 11 is 7.68. The molecule has 32 heavy (non-hydrogen) atoms. The number of amidine groups is 1. The van der Waals surface area contributed by atoms with E-state index in [4.69, 9.17) is 16.3 Å². The van der Waals surface area contributed by atoms with Crippen LogP contribution in [0.1, 0.15) is 25.8 Å². The van der Waals surface area contributed by atoms with Crippen LogP contribution in [0.4, 0.5) is 5.69 Å². The molecule has 2 aliphatic heterocycles. The fraction of sp³-hybridized carbons (Fsp3) is 0.391. The highest BCUT2D eigenvalue weighted by atomic mass is 35.5. The van der Waals surface area contributed by atoms with E-state index in [1.807, 2.05) is 49.9 Å². The lowest BCUT2D eigenvalue weighted by atomic mass is 10.1. The summed E-state index contributed by atoms with van der Waals surface area (Å²) in [4.78, 5) is 18.9. The lowest BCUT2D eigenvalue weighted by molar-refractivity contribution is -0.121. The summed E-state index contributed by atoms with van der Waals surface area (Å²) < 4.78 is 30.9. The first-order valence-corrected chi connectivity index (χ1v) is 13.6. The maximum atomic E-state index is 12.6. The number of amides is 1. The van der Waals surface area contributed by atoms with Crippen LogP contribution in [0.5, 0.6) is 11.5 Å². The van der Waals surface area contributed by atoms with Gasteiger partial charge < -0.3 is 9.64 Å². The van der Waals surface area contributed by atoms with E-state index >= 15 is 0 Å². The van der Waals surface area contributed by atoms with E-state index in [0.29, 0.717) is 33.8 Å². The molecule has 0 saturated carbocycles. The summed E-state index contributed by atoms with van der Waals surface area (Å²) in [5, 5.41) is 0.782. The molecule has 0 radical (unpaired) electrons. The molecular formula is C23H25ClN2O4S2. The second-order valence-corrected chi connectivity index (χ2v) is 12.0. The Balaban J connectivity index is 1.79. The molecule has 4 rings (SSSR count). The molecule has 2 fully saturated rings. The SMILES string of the molecule is CC[C@@H](C)C(=O)N=C1S[C@H]2CS(=O)(=O)C[C@@H]2N1c1cc(Cl)ccc1Oc1cccc(C)c1. The summed E-state index contributed by atoms with van der Waals surface area (Å²) in [6, 6.07) is 12.5. The molecule has 2 aromatic rings. The molecule has 2 saturated heterocycles. The number of halogens is 1. The van der Waals surface area contributed by atoms with Gasteiger partial charge in [-0.05, 0) is 49.2 Å². The van der Waals surface area contributed by atoms with Crippen molar-refractivity contribution in [3.8, 4) is 11.5 Å². The predicted octanol–water partition coefficient (Wildman–Crippen LogP) is 5.09. The van der Waals surface area contributed by atoms with Gasteiger partial charge in [-0.3, -0.25) is 4.79 Å². The number of hydrogen-bond donors (Lipinski definition) is 0. The number of fused-ring (bicyclic) bond motifs is 1. The lowest BCUT2D eigenvalue weighted by Gasteiger charge is -2.27. The molecule has 2 aliphatic rings. The van der Waals surface area contributed by atoms with Crippen molar-refractivity contribution in [2.24, 2.45) is 10.9 Å². The van der Waals surface area contributed by atoms with Gasteiger partial charge >= 0.3 is 0 Å². The van der Waals surface area contributed by atoms with E-state index in [1.165, 1.54) is 11.8 Å². The van der Waals surface area contributed by atoms with Gasteiger partial charge in [0.1, 0.15) is 5.75 Å². The van der Waals surface area contributed by atoms with Crippen molar-refractivity contribution in [1.82, 2.24) is 0 Å². The zero-order valence-corrected chi connectivity index (χ0v) is 20.5. The third kappa shape index (κ3) is 4.82. The van der Waals surface area contributed by atoms with Crippen molar-refractivity contribution >= 4 is 50.0 Å². The third-order valence-corrected chi connectivity index (χ3v) is 9.15. The maximum Gasteiger partial charge on any atom is 0.250 e. The van der Waals surface area contributed by atoms with Crippen molar-refractivity contribution in [2.75, 3.05) is 16.4 Å². The van der Waals surface area contributed by atoms with Crippen LogP contribution in [0.15, 0.2) is 47.5 Å². The fourth-order valence-electron chi connectivity index (χ4n) is 3.80. The Morgan fingerprint density at radius 3 is 2.78 bits per heavy atom. The molecule has 0 aromatic heterocycles. The first-order valence-electron chi connectivity index (χ1n) is 10.5. The van der Waals surface area contributed by atoms with Gasteiger partial charge in [0.2, 0.25) is 0 Å². The van der Waals surface area contributed by atoms with E-state index in [-0.39, 0.29) is 34.6 Å². The maximum absolute atomic E-state index is 12.6. The Kier molecular flexibility index (Phi) is 6.56. The zero-order chi connectivity index (χ0) is 23.0. The number of carbonyl (C=O) groups is 1. The van der Waals surface area contributed by atoms with Gasteiger partial charge in [-0.15, -0.1) is 0 Å². The van der Waals surface area contributed by atoms with E-state index in [0.717, 1.165) is 5.56 Å². The van der Waals surface area contributed by atoms with E-state index < -0.39 is 9.84 Å². The Morgan fingerprint density at radius 2 is 2.06 bits per heavy atom. The van der Waals surface area contributed by atoms with Gasteiger partial charge in [-0.1, -0.05) is 49.3 Å². The molecular weight excluding hydrogens is 468 g/mol. The second-order valence-electron chi connectivity index (χ2n) is 8.24. The number of rotatable bonds is 5. The lowest BCUT2D eigenvalue weighted by Crippen LogP contribution is -2.38.